The van der Waals surface area contributed by atoms with Crippen molar-refractivity contribution < 1.29 is 20.1 Å². The van der Waals surface area contributed by atoms with Gasteiger partial charge in [0.25, 0.3) is 0 Å². The minimum atomic E-state index is -0.931. The summed E-state index contributed by atoms with van der Waals surface area (Å²) >= 11 is 0. The summed E-state index contributed by atoms with van der Waals surface area (Å²) in [6, 6.07) is 0. The number of hydrogen-bond donors (Lipinski definition) is 3. The van der Waals surface area contributed by atoms with Crippen LogP contribution in [-0.2, 0) is 4.79 Å². The lowest BCUT2D eigenvalue weighted by Gasteiger charge is -2.26. The van der Waals surface area contributed by atoms with Crippen LogP contribution in [0.25, 0.3) is 0 Å². The average Bonchev–Trinajstić information content (AvgIpc) is 2.60. The molecule has 1 fully saturated rings. The van der Waals surface area contributed by atoms with Gasteiger partial charge in [-0.25, -0.2) is 0 Å². The number of Topliss-reactive ketones (excluding diaryl/α,β-unsaturated/α-hetero) is 1. The first-order valence-corrected chi connectivity index (χ1v) is 10.2. The standard InChI is InChI=1S/C23H36O4/c1-20(24)14-13-16-22(26)21(25)15-9-5-2-3-6-10-17-23(27)18-11-7-4-8-12-19-23/h2-3,5-6,9-10,15,17,21-22,25-27H,4,7-8,11-14,16,18-19H2,1H3/b5-2+,6-3-,15-9+,17-10+/t21?,22-/m0/s1. The zero-order valence-electron chi connectivity index (χ0n) is 16.6. The highest BCUT2D eigenvalue weighted by molar-refractivity contribution is 5.75. The molecule has 0 heterocycles. The molecule has 1 saturated carbocycles. The number of aliphatic hydroxyl groups excluding tert-OH is 2. The first-order valence-electron chi connectivity index (χ1n) is 10.2. The monoisotopic (exact) mass is 376 g/mol. The van der Waals surface area contributed by atoms with Crippen molar-refractivity contribution in [2.24, 2.45) is 0 Å². The van der Waals surface area contributed by atoms with Gasteiger partial charge in [-0.1, -0.05) is 80.7 Å². The Hall–Kier alpha value is -1.49. The van der Waals surface area contributed by atoms with E-state index >= 15 is 0 Å². The van der Waals surface area contributed by atoms with Crippen LogP contribution in [0.2, 0.25) is 0 Å². The number of carbonyl (C=O) groups excluding carboxylic acids is 1. The molecule has 0 aromatic carbocycles. The van der Waals surface area contributed by atoms with Crippen LogP contribution in [0, 0.1) is 0 Å². The minimum absolute atomic E-state index is 0.0951. The third kappa shape index (κ3) is 11.8. The van der Waals surface area contributed by atoms with Crippen LogP contribution < -0.4 is 0 Å². The van der Waals surface area contributed by atoms with Gasteiger partial charge in [0.1, 0.15) is 5.78 Å². The van der Waals surface area contributed by atoms with Crippen LogP contribution in [0.1, 0.15) is 71.1 Å². The van der Waals surface area contributed by atoms with E-state index in [2.05, 4.69) is 0 Å². The van der Waals surface area contributed by atoms with E-state index in [0.29, 0.717) is 19.3 Å². The fraction of sp³-hybridized carbons (Fsp3) is 0.609. The zero-order valence-corrected chi connectivity index (χ0v) is 16.6. The number of aliphatic hydroxyl groups is 3. The summed E-state index contributed by atoms with van der Waals surface area (Å²) in [6.07, 6.45) is 21.5. The highest BCUT2D eigenvalue weighted by Gasteiger charge is 2.23. The molecule has 0 spiro atoms. The molecule has 0 radical (unpaired) electrons. The molecule has 0 bridgehead atoms. The van der Waals surface area contributed by atoms with E-state index in [4.69, 9.17) is 0 Å². The van der Waals surface area contributed by atoms with Gasteiger partial charge in [-0.05, 0) is 32.6 Å². The van der Waals surface area contributed by atoms with E-state index in [1.54, 1.807) is 12.2 Å². The van der Waals surface area contributed by atoms with Crippen LogP contribution >= 0.6 is 0 Å². The smallest absolute Gasteiger partial charge is 0.129 e. The van der Waals surface area contributed by atoms with Gasteiger partial charge < -0.3 is 20.1 Å². The van der Waals surface area contributed by atoms with Gasteiger partial charge in [-0.3, -0.25) is 0 Å². The van der Waals surface area contributed by atoms with Crippen molar-refractivity contribution in [3.63, 3.8) is 0 Å². The Kier molecular flexibility index (Phi) is 11.9. The van der Waals surface area contributed by atoms with Gasteiger partial charge in [0, 0.05) is 6.42 Å². The lowest BCUT2D eigenvalue weighted by atomic mass is 9.87. The highest BCUT2D eigenvalue weighted by atomic mass is 16.3. The quantitative estimate of drug-likeness (QED) is 0.500. The Morgan fingerprint density at radius 1 is 0.926 bits per heavy atom. The lowest BCUT2D eigenvalue weighted by Crippen LogP contribution is -2.26. The molecule has 0 aromatic rings. The Morgan fingerprint density at radius 2 is 1.48 bits per heavy atom. The van der Waals surface area contributed by atoms with Gasteiger partial charge in [-0.15, -0.1) is 0 Å². The summed E-state index contributed by atoms with van der Waals surface area (Å²) in [5, 5.41) is 30.2. The molecule has 4 nitrogen and oxygen atoms in total. The third-order valence-electron chi connectivity index (χ3n) is 4.91. The maximum Gasteiger partial charge on any atom is 0.129 e. The van der Waals surface area contributed by atoms with Crippen molar-refractivity contribution in [2.75, 3.05) is 0 Å². The van der Waals surface area contributed by atoms with E-state index < -0.39 is 17.8 Å². The van der Waals surface area contributed by atoms with Crippen LogP contribution in [-0.4, -0.2) is 38.9 Å². The van der Waals surface area contributed by atoms with E-state index in [-0.39, 0.29) is 5.78 Å². The number of rotatable bonds is 10. The molecule has 2 atom stereocenters. The summed E-state index contributed by atoms with van der Waals surface area (Å²) in [7, 11) is 0. The van der Waals surface area contributed by atoms with Gasteiger partial charge >= 0.3 is 0 Å². The van der Waals surface area contributed by atoms with Crippen molar-refractivity contribution in [2.45, 2.75) is 88.9 Å². The highest BCUT2D eigenvalue weighted by Crippen LogP contribution is 2.27. The van der Waals surface area contributed by atoms with Crippen LogP contribution in [0.5, 0.6) is 0 Å². The lowest BCUT2D eigenvalue weighted by molar-refractivity contribution is -0.117. The minimum Gasteiger partial charge on any atom is -0.390 e. The molecule has 1 rings (SSSR count). The predicted molar refractivity (Wildman–Crippen MR) is 110 cm³/mol. The largest absolute Gasteiger partial charge is 0.390 e. The Morgan fingerprint density at radius 3 is 2.11 bits per heavy atom. The Labute approximate surface area is 164 Å². The summed E-state index contributed by atoms with van der Waals surface area (Å²) in [5.41, 5.74) is -0.670. The second-order valence-corrected chi connectivity index (χ2v) is 7.54. The van der Waals surface area contributed by atoms with Gasteiger partial charge in [-0.2, -0.15) is 0 Å². The Balaban J connectivity index is 2.31. The molecular formula is C23H36O4. The third-order valence-corrected chi connectivity index (χ3v) is 4.91. The van der Waals surface area contributed by atoms with Crippen LogP contribution in [0.4, 0.5) is 0 Å². The van der Waals surface area contributed by atoms with E-state index in [1.165, 1.54) is 32.3 Å². The summed E-state index contributed by atoms with van der Waals surface area (Å²) in [4.78, 5) is 10.9. The van der Waals surface area contributed by atoms with Gasteiger partial charge in [0.2, 0.25) is 0 Å². The molecular weight excluding hydrogens is 340 g/mol. The van der Waals surface area contributed by atoms with Gasteiger partial charge in [0.05, 0.1) is 17.8 Å². The molecule has 0 aliphatic heterocycles. The molecule has 4 heteroatoms. The molecule has 0 saturated heterocycles. The SMILES string of the molecule is CC(=O)CCC[C@H](O)C(O)/C=C/C=C/C=C\C=C\C1(O)CCCCCCC1. The van der Waals surface area contributed by atoms with Crippen molar-refractivity contribution in [3.8, 4) is 0 Å². The topological polar surface area (TPSA) is 77.8 Å². The molecule has 0 amide bonds. The predicted octanol–water partition coefficient (Wildman–Crippen LogP) is 4.17. The normalized spacial score (nSPS) is 21.0. The maximum atomic E-state index is 10.9. The molecule has 1 aliphatic carbocycles. The average molecular weight is 377 g/mol. The fourth-order valence-corrected chi connectivity index (χ4v) is 3.21. The molecule has 152 valence electrons. The number of hydrogen-bond acceptors (Lipinski definition) is 4. The van der Waals surface area contributed by atoms with E-state index in [1.807, 2.05) is 30.4 Å². The second kappa shape index (κ2) is 13.6. The molecule has 27 heavy (non-hydrogen) atoms. The molecule has 3 N–H and O–H groups in total. The van der Waals surface area contributed by atoms with E-state index in [0.717, 1.165) is 25.7 Å². The van der Waals surface area contributed by atoms with Crippen LogP contribution in [0.3, 0.4) is 0 Å². The molecule has 1 unspecified atom stereocenters. The summed E-state index contributed by atoms with van der Waals surface area (Å²) < 4.78 is 0. The van der Waals surface area contributed by atoms with Gasteiger partial charge in [0.15, 0.2) is 0 Å². The first-order chi connectivity index (χ1) is 12.9. The summed E-state index contributed by atoms with van der Waals surface area (Å²) in [6.45, 7) is 1.52. The van der Waals surface area contributed by atoms with E-state index in [9.17, 15) is 20.1 Å². The fourth-order valence-electron chi connectivity index (χ4n) is 3.21. The number of carbonyl (C=O) groups is 1. The number of ketones is 1. The first kappa shape index (κ1) is 23.5. The Bertz CT molecular complexity index is 522. The van der Waals surface area contributed by atoms with Crippen molar-refractivity contribution >= 4 is 5.78 Å². The van der Waals surface area contributed by atoms with Crippen LogP contribution in [0.15, 0.2) is 48.6 Å². The zero-order chi connectivity index (χ0) is 20.0. The summed E-state index contributed by atoms with van der Waals surface area (Å²) in [5.74, 6) is 0.0951. The van der Waals surface area contributed by atoms with Crippen molar-refractivity contribution in [1.82, 2.24) is 0 Å². The second-order valence-electron chi connectivity index (χ2n) is 7.54. The molecule has 1 aliphatic rings. The van der Waals surface area contributed by atoms with Crippen molar-refractivity contribution in [3.05, 3.63) is 48.6 Å². The van der Waals surface area contributed by atoms with Crippen molar-refractivity contribution in [1.29, 1.82) is 0 Å². The molecule has 0 aromatic heterocycles. The maximum absolute atomic E-state index is 10.9. The number of allylic oxidation sites excluding steroid dienone is 6.